The SMILES string of the molecule is O=c1oc(-c2cc(C(F)(F)F)nn2-c2ncccc2Cl)nc2c(Br)c3ccccc3cc12. The summed E-state index contributed by atoms with van der Waals surface area (Å²) < 4.78 is 47.0. The van der Waals surface area contributed by atoms with E-state index in [1.54, 1.807) is 6.07 Å². The topological polar surface area (TPSA) is 73.8 Å². The number of fused-ring (bicyclic) bond motifs is 2. The van der Waals surface area contributed by atoms with Crippen LogP contribution in [0.2, 0.25) is 5.02 Å². The van der Waals surface area contributed by atoms with Crippen molar-refractivity contribution >= 4 is 49.2 Å². The Morgan fingerprint density at radius 1 is 1.06 bits per heavy atom. The normalized spacial score (nSPS) is 12.0. The number of alkyl halides is 3. The lowest BCUT2D eigenvalue weighted by Gasteiger charge is -2.09. The summed E-state index contributed by atoms with van der Waals surface area (Å²) in [4.78, 5) is 21.1. The second kappa shape index (κ2) is 7.42. The molecule has 0 saturated carbocycles. The quantitative estimate of drug-likeness (QED) is 0.266. The van der Waals surface area contributed by atoms with Crippen LogP contribution in [0.5, 0.6) is 0 Å². The molecule has 2 aromatic carbocycles. The first kappa shape index (κ1) is 20.7. The Bertz CT molecular complexity index is 1580. The number of pyridine rings is 1. The first-order chi connectivity index (χ1) is 15.2. The molecule has 0 saturated heterocycles. The Hall–Kier alpha value is -3.24. The lowest BCUT2D eigenvalue weighted by atomic mass is 10.1. The first-order valence-corrected chi connectivity index (χ1v) is 10.2. The summed E-state index contributed by atoms with van der Waals surface area (Å²) in [6, 6.07) is 12.6. The maximum atomic E-state index is 13.4. The van der Waals surface area contributed by atoms with E-state index >= 15 is 0 Å². The maximum absolute atomic E-state index is 13.4. The second-order valence-electron chi connectivity index (χ2n) is 6.75. The molecule has 0 spiro atoms. The Morgan fingerprint density at radius 2 is 1.84 bits per heavy atom. The predicted octanol–water partition coefficient (Wildman–Crippen LogP) is 6.02. The minimum atomic E-state index is -4.75. The minimum Gasteiger partial charge on any atom is -0.401 e. The van der Waals surface area contributed by atoms with Crippen molar-refractivity contribution in [3.05, 3.63) is 80.3 Å². The summed E-state index contributed by atoms with van der Waals surface area (Å²) in [5.74, 6) is -0.426. The molecule has 0 bridgehead atoms. The van der Waals surface area contributed by atoms with Gasteiger partial charge in [0.1, 0.15) is 5.69 Å². The molecule has 0 fully saturated rings. The highest BCUT2D eigenvalue weighted by molar-refractivity contribution is 9.10. The molecule has 32 heavy (non-hydrogen) atoms. The largest absolute Gasteiger partial charge is 0.435 e. The van der Waals surface area contributed by atoms with Crippen molar-refractivity contribution in [2.24, 2.45) is 0 Å². The zero-order valence-electron chi connectivity index (χ0n) is 15.7. The maximum Gasteiger partial charge on any atom is 0.435 e. The molecular weight excluding hydrogens is 513 g/mol. The highest BCUT2D eigenvalue weighted by Crippen LogP contribution is 2.35. The minimum absolute atomic E-state index is 0.0564. The van der Waals surface area contributed by atoms with Crippen LogP contribution in [0.3, 0.4) is 0 Å². The zero-order chi connectivity index (χ0) is 22.6. The molecular formula is C21H9BrClF3N4O2. The Kier molecular flexibility index (Phi) is 4.79. The van der Waals surface area contributed by atoms with E-state index in [1.165, 1.54) is 18.3 Å². The van der Waals surface area contributed by atoms with Gasteiger partial charge in [0, 0.05) is 12.3 Å². The summed E-state index contributed by atoms with van der Waals surface area (Å²) in [5.41, 5.74) is -1.96. The van der Waals surface area contributed by atoms with E-state index < -0.39 is 17.5 Å². The number of hydrogen-bond acceptors (Lipinski definition) is 5. The molecule has 160 valence electrons. The third-order valence-corrected chi connectivity index (χ3v) is 5.84. The lowest BCUT2D eigenvalue weighted by molar-refractivity contribution is -0.141. The fourth-order valence-corrected chi connectivity index (χ4v) is 4.17. The van der Waals surface area contributed by atoms with Gasteiger partial charge in [0.15, 0.2) is 11.5 Å². The number of aromatic nitrogens is 4. The van der Waals surface area contributed by atoms with Crippen LogP contribution in [0.1, 0.15) is 5.69 Å². The van der Waals surface area contributed by atoms with Gasteiger partial charge >= 0.3 is 11.8 Å². The Labute approximate surface area is 190 Å². The number of hydrogen-bond donors (Lipinski definition) is 0. The summed E-state index contributed by atoms with van der Waals surface area (Å²) in [5, 5.41) is 5.39. The van der Waals surface area contributed by atoms with Crippen molar-refractivity contribution in [1.29, 1.82) is 0 Å². The van der Waals surface area contributed by atoms with Gasteiger partial charge in [-0.05, 0) is 44.9 Å². The number of halogens is 5. The van der Waals surface area contributed by atoms with Gasteiger partial charge in [-0.1, -0.05) is 35.9 Å². The van der Waals surface area contributed by atoms with E-state index in [0.717, 1.165) is 21.5 Å². The summed E-state index contributed by atoms with van der Waals surface area (Å²) in [7, 11) is 0. The van der Waals surface area contributed by atoms with E-state index in [0.29, 0.717) is 4.47 Å². The molecule has 0 aliphatic heterocycles. The predicted molar refractivity (Wildman–Crippen MR) is 116 cm³/mol. The van der Waals surface area contributed by atoms with Crippen LogP contribution in [0.15, 0.2) is 68.4 Å². The second-order valence-corrected chi connectivity index (χ2v) is 7.95. The van der Waals surface area contributed by atoms with E-state index in [9.17, 15) is 18.0 Å². The highest BCUT2D eigenvalue weighted by atomic mass is 79.9. The standard InChI is InChI=1S/C21H9BrClF3N4O2/c22-16-11-5-2-1-4-10(11)8-12-17(16)28-19(32-20(12)31)14-9-15(21(24,25)26)29-30(14)18-13(23)6-3-7-27-18/h1-9H. The number of rotatable bonds is 2. The van der Waals surface area contributed by atoms with Crippen molar-refractivity contribution in [2.75, 3.05) is 0 Å². The first-order valence-electron chi connectivity index (χ1n) is 9.04. The summed E-state index contributed by atoms with van der Waals surface area (Å²) in [6.07, 6.45) is -3.40. The van der Waals surface area contributed by atoms with E-state index in [4.69, 9.17) is 16.0 Å². The van der Waals surface area contributed by atoms with E-state index in [2.05, 4.69) is 31.0 Å². The number of benzene rings is 2. The van der Waals surface area contributed by atoms with Crippen molar-refractivity contribution in [3.8, 4) is 17.4 Å². The third kappa shape index (κ3) is 3.35. The molecule has 0 aliphatic rings. The fraction of sp³-hybridized carbons (Fsp3) is 0.0476. The van der Waals surface area contributed by atoms with Crippen LogP contribution in [0.25, 0.3) is 39.1 Å². The van der Waals surface area contributed by atoms with Crippen molar-refractivity contribution < 1.29 is 17.6 Å². The van der Waals surface area contributed by atoms with Crippen LogP contribution in [-0.4, -0.2) is 19.7 Å². The zero-order valence-corrected chi connectivity index (χ0v) is 18.0. The molecule has 0 radical (unpaired) electrons. The van der Waals surface area contributed by atoms with Gasteiger partial charge in [0.05, 0.1) is 20.4 Å². The van der Waals surface area contributed by atoms with Gasteiger partial charge in [0.25, 0.3) is 0 Å². The van der Waals surface area contributed by atoms with Gasteiger partial charge in [-0.15, -0.1) is 0 Å². The average molecular weight is 522 g/mol. The van der Waals surface area contributed by atoms with Gasteiger partial charge < -0.3 is 4.42 Å². The average Bonchev–Trinajstić information content (AvgIpc) is 3.21. The van der Waals surface area contributed by atoms with Crippen LogP contribution in [0.4, 0.5) is 13.2 Å². The van der Waals surface area contributed by atoms with Gasteiger partial charge in [-0.2, -0.15) is 18.3 Å². The van der Waals surface area contributed by atoms with Crippen LogP contribution >= 0.6 is 27.5 Å². The number of nitrogens with zero attached hydrogens (tertiary/aromatic N) is 4. The molecule has 0 unspecified atom stereocenters. The van der Waals surface area contributed by atoms with E-state index in [1.807, 2.05) is 24.3 Å². The molecule has 0 N–H and O–H groups in total. The molecule has 0 atom stereocenters. The van der Waals surface area contributed by atoms with E-state index in [-0.39, 0.29) is 33.3 Å². The third-order valence-electron chi connectivity index (χ3n) is 4.74. The molecule has 0 aliphatic carbocycles. The molecule has 5 aromatic rings. The van der Waals surface area contributed by atoms with Crippen molar-refractivity contribution in [1.82, 2.24) is 19.7 Å². The monoisotopic (exact) mass is 520 g/mol. The smallest absolute Gasteiger partial charge is 0.401 e. The highest BCUT2D eigenvalue weighted by Gasteiger charge is 2.36. The molecule has 5 rings (SSSR count). The lowest BCUT2D eigenvalue weighted by Crippen LogP contribution is -2.09. The van der Waals surface area contributed by atoms with Crippen LogP contribution < -0.4 is 5.63 Å². The molecule has 0 amide bonds. The fourth-order valence-electron chi connectivity index (χ4n) is 3.30. The molecule has 11 heteroatoms. The van der Waals surface area contributed by atoms with Gasteiger partial charge in [-0.25, -0.2) is 19.4 Å². The molecule has 3 heterocycles. The van der Waals surface area contributed by atoms with Gasteiger partial charge in [0.2, 0.25) is 5.89 Å². The van der Waals surface area contributed by atoms with Crippen molar-refractivity contribution in [2.45, 2.75) is 6.18 Å². The van der Waals surface area contributed by atoms with Crippen LogP contribution in [-0.2, 0) is 6.18 Å². The van der Waals surface area contributed by atoms with Gasteiger partial charge in [-0.3, -0.25) is 0 Å². The Balaban J connectivity index is 1.83. The summed E-state index contributed by atoms with van der Waals surface area (Å²) >= 11 is 9.59. The van der Waals surface area contributed by atoms with Crippen LogP contribution in [0, 0.1) is 0 Å². The Morgan fingerprint density at radius 3 is 2.59 bits per heavy atom. The summed E-state index contributed by atoms with van der Waals surface area (Å²) in [6.45, 7) is 0. The molecule has 6 nitrogen and oxygen atoms in total. The van der Waals surface area contributed by atoms with Crippen molar-refractivity contribution in [3.63, 3.8) is 0 Å². The molecule has 3 aromatic heterocycles.